The summed E-state index contributed by atoms with van der Waals surface area (Å²) in [5.74, 6) is 0. The molecule has 0 atom stereocenters. The Hall–Kier alpha value is -0.440. The normalized spacial score (nSPS) is 11.4. The van der Waals surface area contributed by atoms with Crippen molar-refractivity contribution in [1.82, 2.24) is 0 Å². The Bertz CT molecular complexity index is 314. The first kappa shape index (κ1) is 15.1. The van der Waals surface area contributed by atoms with Crippen LogP contribution in [0, 0.1) is 0 Å². The minimum Gasteiger partial charge on any atom is -0.285 e. The summed E-state index contributed by atoms with van der Waals surface area (Å²) in [5, 5.41) is -1.65. The van der Waals surface area contributed by atoms with E-state index in [9.17, 15) is 16.8 Å². The van der Waals surface area contributed by atoms with Crippen LogP contribution in [0.1, 0.15) is 13.8 Å². The predicted molar refractivity (Wildman–Crippen MR) is 48.5 cm³/mol. The van der Waals surface area contributed by atoms with Gasteiger partial charge in [-0.3, -0.25) is 9.11 Å². The van der Waals surface area contributed by atoms with Gasteiger partial charge in [0.05, 0.1) is 0 Å². The van der Waals surface area contributed by atoms with E-state index < -0.39 is 25.3 Å². The fourth-order valence-corrected chi connectivity index (χ4v) is 1.69. The second-order valence-electron chi connectivity index (χ2n) is 2.49. The van der Waals surface area contributed by atoms with Crippen LogP contribution in [-0.4, -0.2) is 31.0 Å². The molecule has 80 valence electrons. The summed E-state index contributed by atoms with van der Waals surface area (Å²) in [5.41, 5.74) is 1.17. The topological polar surface area (TPSA) is 109 Å². The van der Waals surface area contributed by atoms with Crippen LogP contribution in [0.3, 0.4) is 0 Å². The molecule has 0 aliphatic heterocycles. The molecule has 0 rings (SSSR count). The van der Waals surface area contributed by atoms with Gasteiger partial charge in [-0.2, -0.15) is 16.8 Å². The molecule has 0 amide bonds. The third-order valence-corrected chi connectivity index (χ3v) is 2.68. The average molecular weight is 232 g/mol. The molecule has 0 spiro atoms. The third-order valence-electron chi connectivity index (χ3n) is 0.298. The van der Waals surface area contributed by atoms with Crippen molar-refractivity contribution in [2.45, 2.75) is 13.8 Å². The summed E-state index contributed by atoms with van der Waals surface area (Å²) < 4.78 is 54.2. The lowest BCUT2D eigenvalue weighted by molar-refractivity contribution is 0.471. The molecule has 0 fully saturated rings. The molecule has 0 saturated carbocycles. The highest BCUT2D eigenvalue weighted by atomic mass is 32.3. The Balaban J connectivity index is 0. The van der Waals surface area contributed by atoms with Crippen LogP contribution in [0.25, 0.3) is 0 Å². The van der Waals surface area contributed by atoms with Crippen LogP contribution < -0.4 is 0 Å². The van der Waals surface area contributed by atoms with Gasteiger partial charge in [-0.05, 0) is 13.8 Å². The summed E-state index contributed by atoms with van der Waals surface area (Å²) in [6, 6.07) is 0. The molecule has 0 aromatic carbocycles. The van der Waals surface area contributed by atoms with Gasteiger partial charge in [0, 0.05) is 0 Å². The number of rotatable bonds is 2. The van der Waals surface area contributed by atoms with Gasteiger partial charge < -0.3 is 0 Å². The minimum absolute atomic E-state index is 1.17. The van der Waals surface area contributed by atoms with Crippen molar-refractivity contribution in [3.63, 3.8) is 0 Å². The number of hydrogen-bond donors (Lipinski definition) is 2. The van der Waals surface area contributed by atoms with Crippen LogP contribution >= 0.6 is 0 Å². The molecule has 2 N–H and O–H groups in total. The number of allylic oxidation sites excluding steroid dienone is 1. The summed E-state index contributed by atoms with van der Waals surface area (Å²) in [6.07, 6.45) is 0. The van der Waals surface area contributed by atoms with Gasteiger partial charge in [0.1, 0.15) is 0 Å². The molecular formula is C5H12O6S2. The molecule has 0 aliphatic rings. The summed E-state index contributed by atoms with van der Waals surface area (Å²) >= 11 is 0. The lowest BCUT2D eigenvalue weighted by Gasteiger charge is -1.89. The van der Waals surface area contributed by atoms with E-state index in [1.54, 1.807) is 0 Å². The smallest absolute Gasteiger partial charge is 0.281 e. The number of hydrogen-bond acceptors (Lipinski definition) is 4. The molecule has 6 nitrogen and oxygen atoms in total. The molecular weight excluding hydrogens is 220 g/mol. The third kappa shape index (κ3) is 34.2. The van der Waals surface area contributed by atoms with E-state index in [2.05, 4.69) is 6.58 Å². The molecule has 0 unspecified atom stereocenters. The van der Waals surface area contributed by atoms with E-state index in [1.807, 2.05) is 13.8 Å². The van der Waals surface area contributed by atoms with Crippen molar-refractivity contribution in [2.24, 2.45) is 0 Å². The maximum Gasteiger partial charge on any atom is 0.281 e. The van der Waals surface area contributed by atoms with Crippen molar-refractivity contribution in [3.8, 4) is 0 Å². The van der Waals surface area contributed by atoms with Crippen molar-refractivity contribution < 1.29 is 25.9 Å². The van der Waals surface area contributed by atoms with Gasteiger partial charge in [-0.1, -0.05) is 5.57 Å². The second kappa shape index (κ2) is 5.32. The van der Waals surface area contributed by atoms with Crippen LogP contribution in [0.2, 0.25) is 0 Å². The fourth-order valence-electron chi connectivity index (χ4n) is 0.188. The Morgan fingerprint density at radius 3 is 1.23 bits per heavy atom. The lowest BCUT2D eigenvalue weighted by Crippen LogP contribution is -2.13. The Morgan fingerprint density at radius 1 is 1.08 bits per heavy atom. The van der Waals surface area contributed by atoms with Crippen molar-refractivity contribution >= 4 is 20.2 Å². The predicted octanol–water partition coefficient (Wildman–Crippen LogP) is 0.302. The van der Waals surface area contributed by atoms with E-state index in [4.69, 9.17) is 9.11 Å². The average Bonchev–Trinajstić information content (AvgIpc) is 1.47. The van der Waals surface area contributed by atoms with Gasteiger partial charge in [-0.15, -0.1) is 6.58 Å². The van der Waals surface area contributed by atoms with E-state index in [0.29, 0.717) is 0 Å². The van der Waals surface area contributed by atoms with E-state index in [0.717, 1.165) is 0 Å². The summed E-state index contributed by atoms with van der Waals surface area (Å²) in [7, 11) is -9.24. The van der Waals surface area contributed by atoms with Gasteiger partial charge in [0.15, 0.2) is 0 Å². The Morgan fingerprint density at radius 2 is 1.23 bits per heavy atom. The highest BCUT2D eigenvalue weighted by Gasteiger charge is 2.15. The standard InChI is InChI=1S/C4H8.CH4O6S2/c1-4(2)3;2-8(3,4)1-9(5,6)7/h1H2,2-3H3;1H2,(H,2,3,4)(H,5,6,7). The highest BCUT2D eigenvalue weighted by molar-refractivity contribution is 8.02. The Kier molecular flexibility index (Phi) is 6.16. The Labute approximate surface area is 77.8 Å². The molecule has 0 saturated heterocycles. The van der Waals surface area contributed by atoms with E-state index in [-0.39, 0.29) is 0 Å². The van der Waals surface area contributed by atoms with E-state index in [1.165, 1.54) is 5.57 Å². The molecule has 0 aromatic heterocycles. The van der Waals surface area contributed by atoms with Crippen molar-refractivity contribution in [3.05, 3.63) is 12.2 Å². The fraction of sp³-hybridized carbons (Fsp3) is 0.600. The van der Waals surface area contributed by atoms with Crippen LogP contribution in [0.4, 0.5) is 0 Å². The SMILES string of the molecule is C=C(C)C.O=S(=O)(O)CS(=O)(=O)O. The molecule has 0 heterocycles. The van der Waals surface area contributed by atoms with E-state index >= 15 is 0 Å². The lowest BCUT2D eigenvalue weighted by atomic mass is 10.4. The first-order valence-electron chi connectivity index (χ1n) is 2.96. The molecule has 0 aliphatic carbocycles. The highest BCUT2D eigenvalue weighted by Crippen LogP contribution is 1.88. The zero-order chi connectivity index (χ0) is 11.3. The zero-order valence-electron chi connectivity index (χ0n) is 7.26. The quantitative estimate of drug-likeness (QED) is 0.523. The van der Waals surface area contributed by atoms with Crippen molar-refractivity contribution in [1.29, 1.82) is 0 Å². The molecule has 13 heavy (non-hydrogen) atoms. The minimum atomic E-state index is -4.62. The van der Waals surface area contributed by atoms with Gasteiger partial charge in [0.25, 0.3) is 20.2 Å². The van der Waals surface area contributed by atoms with Gasteiger partial charge in [-0.25, -0.2) is 0 Å². The van der Waals surface area contributed by atoms with Crippen LogP contribution in [-0.2, 0) is 20.2 Å². The summed E-state index contributed by atoms with van der Waals surface area (Å²) in [6.45, 7) is 7.50. The molecule has 0 bridgehead atoms. The first-order valence-corrected chi connectivity index (χ1v) is 6.18. The maximum atomic E-state index is 9.66. The largest absolute Gasteiger partial charge is 0.285 e. The first-order chi connectivity index (χ1) is 5.44. The second-order valence-corrected chi connectivity index (χ2v) is 5.76. The van der Waals surface area contributed by atoms with Gasteiger partial charge in [0.2, 0.25) is 5.08 Å². The van der Waals surface area contributed by atoms with Crippen molar-refractivity contribution in [2.75, 3.05) is 5.08 Å². The zero-order valence-corrected chi connectivity index (χ0v) is 8.89. The van der Waals surface area contributed by atoms with Crippen LogP contribution in [0.5, 0.6) is 0 Å². The van der Waals surface area contributed by atoms with Gasteiger partial charge >= 0.3 is 0 Å². The molecule has 0 aromatic rings. The molecule has 8 heteroatoms. The summed E-state index contributed by atoms with van der Waals surface area (Å²) in [4.78, 5) is 0. The monoisotopic (exact) mass is 232 g/mol. The maximum absolute atomic E-state index is 9.66. The molecule has 0 radical (unpaired) electrons. The van der Waals surface area contributed by atoms with Crippen LogP contribution in [0.15, 0.2) is 12.2 Å².